The number of aliphatic hydroxyl groups excluding tert-OH is 1. The van der Waals surface area contributed by atoms with Gasteiger partial charge in [-0.1, -0.05) is 0 Å². The molecule has 0 radical (unpaired) electrons. The largest absolute Gasteiger partial charge is 0.481 e. The van der Waals surface area contributed by atoms with Gasteiger partial charge in [0.25, 0.3) is 0 Å². The summed E-state index contributed by atoms with van der Waals surface area (Å²) in [6, 6.07) is -0.00250. The molecule has 0 amide bonds. The molecule has 118 valence electrons. The van der Waals surface area contributed by atoms with Crippen LogP contribution in [-0.4, -0.2) is 84.3 Å². The molecule has 0 saturated carbocycles. The number of rotatable bonds is 9. The molecule has 1 saturated heterocycles. The number of ether oxygens (including phenoxy) is 2. The predicted octanol–water partition coefficient (Wildman–Crippen LogP) is 0.291. The van der Waals surface area contributed by atoms with Gasteiger partial charge in [-0.25, -0.2) is 0 Å². The predicted molar refractivity (Wildman–Crippen MR) is 78.2 cm³/mol. The third-order valence-electron chi connectivity index (χ3n) is 3.18. The zero-order valence-electron chi connectivity index (χ0n) is 12.2. The molecule has 1 aliphatic heterocycles. The SMILES string of the molecule is COCC(C)OCC(O)CN1CCSCC1CC(=O)O. The minimum absolute atomic E-state index is 0.00250. The highest BCUT2D eigenvalue weighted by Gasteiger charge is 2.26. The van der Waals surface area contributed by atoms with E-state index in [0.29, 0.717) is 13.2 Å². The molecule has 7 heteroatoms. The van der Waals surface area contributed by atoms with Gasteiger partial charge in [0.2, 0.25) is 0 Å². The van der Waals surface area contributed by atoms with Crippen LogP contribution in [0.5, 0.6) is 0 Å². The third-order valence-corrected chi connectivity index (χ3v) is 4.27. The first-order chi connectivity index (χ1) is 9.52. The van der Waals surface area contributed by atoms with Crippen LogP contribution in [0.3, 0.4) is 0 Å². The van der Waals surface area contributed by atoms with Crippen LogP contribution in [0.1, 0.15) is 13.3 Å². The first-order valence-electron chi connectivity index (χ1n) is 6.85. The summed E-state index contributed by atoms with van der Waals surface area (Å²) in [5, 5.41) is 18.9. The highest BCUT2D eigenvalue weighted by Crippen LogP contribution is 2.19. The van der Waals surface area contributed by atoms with Gasteiger partial charge in [0.15, 0.2) is 0 Å². The van der Waals surface area contributed by atoms with Gasteiger partial charge in [0.1, 0.15) is 0 Å². The van der Waals surface area contributed by atoms with Gasteiger partial charge in [0, 0.05) is 37.7 Å². The Kier molecular flexibility index (Phi) is 8.47. The quantitative estimate of drug-likeness (QED) is 0.634. The van der Waals surface area contributed by atoms with E-state index in [0.717, 1.165) is 18.1 Å². The van der Waals surface area contributed by atoms with Crippen LogP contribution in [0, 0.1) is 0 Å². The molecule has 2 N–H and O–H groups in total. The number of methoxy groups -OCH3 is 1. The molecule has 1 aliphatic rings. The van der Waals surface area contributed by atoms with Gasteiger partial charge in [-0.05, 0) is 6.92 Å². The second kappa shape index (κ2) is 9.57. The normalized spacial score (nSPS) is 23.4. The Morgan fingerprint density at radius 1 is 1.50 bits per heavy atom. The first kappa shape index (κ1) is 17.7. The van der Waals surface area contributed by atoms with Gasteiger partial charge >= 0.3 is 5.97 Å². The van der Waals surface area contributed by atoms with Crippen molar-refractivity contribution in [3.63, 3.8) is 0 Å². The van der Waals surface area contributed by atoms with Crippen LogP contribution in [0.25, 0.3) is 0 Å². The van der Waals surface area contributed by atoms with Crippen molar-refractivity contribution in [1.82, 2.24) is 4.90 Å². The number of carboxylic acid groups (broad SMARTS) is 1. The van der Waals surface area contributed by atoms with Crippen molar-refractivity contribution in [2.24, 2.45) is 0 Å². The molecule has 6 nitrogen and oxygen atoms in total. The summed E-state index contributed by atoms with van der Waals surface area (Å²) >= 11 is 1.77. The van der Waals surface area contributed by atoms with E-state index < -0.39 is 12.1 Å². The van der Waals surface area contributed by atoms with Crippen molar-refractivity contribution >= 4 is 17.7 Å². The van der Waals surface area contributed by atoms with E-state index in [2.05, 4.69) is 4.90 Å². The van der Waals surface area contributed by atoms with Gasteiger partial charge < -0.3 is 19.7 Å². The fraction of sp³-hybridized carbons (Fsp3) is 0.923. The van der Waals surface area contributed by atoms with Gasteiger partial charge in [-0.2, -0.15) is 11.8 Å². The molecule has 0 aliphatic carbocycles. The molecule has 3 unspecified atom stereocenters. The number of carboxylic acids is 1. The summed E-state index contributed by atoms with van der Waals surface area (Å²) in [5.74, 6) is 0.992. The maximum absolute atomic E-state index is 10.8. The smallest absolute Gasteiger partial charge is 0.304 e. The van der Waals surface area contributed by atoms with E-state index >= 15 is 0 Å². The lowest BCUT2D eigenvalue weighted by Gasteiger charge is -2.35. The lowest BCUT2D eigenvalue weighted by atomic mass is 10.2. The van der Waals surface area contributed by atoms with E-state index in [-0.39, 0.29) is 25.2 Å². The Bertz CT molecular complexity index is 292. The van der Waals surface area contributed by atoms with Crippen LogP contribution < -0.4 is 0 Å². The van der Waals surface area contributed by atoms with Gasteiger partial charge in [0.05, 0.1) is 31.8 Å². The van der Waals surface area contributed by atoms with Crippen molar-refractivity contribution in [3.05, 3.63) is 0 Å². The van der Waals surface area contributed by atoms with Gasteiger partial charge in [-0.15, -0.1) is 0 Å². The molecular formula is C13H25NO5S. The first-order valence-corrected chi connectivity index (χ1v) is 8.00. The number of hydrogen-bond donors (Lipinski definition) is 2. The molecule has 20 heavy (non-hydrogen) atoms. The molecule has 3 atom stereocenters. The second-order valence-electron chi connectivity index (χ2n) is 5.07. The van der Waals surface area contributed by atoms with E-state index in [1.165, 1.54) is 0 Å². The topological polar surface area (TPSA) is 79.2 Å². The summed E-state index contributed by atoms with van der Waals surface area (Å²) in [4.78, 5) is 12.9. The number of thioether (sulfide) groups is 1. The lowest BCUT2D eigenvalue weighted by Crippen LogP contribution is -2.47. The third kappa shape index (κ3) is 6.90. The summed E-state index contributed by atoms with van der Waals surface area (Å²) in [5.41, 5.74) is 0. The van der Waals surface area contributed by atoms with Crippen LogP contribution in [0.2, 0.25) is 0 Å². The Balaban J connectivity index is 2.33. The summed E-state index contributed by atoms with van der Waals surface area (Å²) < 4.78 is 10.4. The number of carbonyl (C=O) groups is 1. The van der Waals surface area contributed by atoms with E-state index in [1.807, 2.05) is 6.92 Å². The molecule has 0 aromatic rings. The molecule has 1 fully saturated rings. The van der Waals surface area contributed by atoms with E-state index in [4.69, 9.17) is 14.6 Å². The molecule has 0 spiro atoms. The van der Waals surface area contributed by atoms with Crippen LogP contribution in [0.15, 0.2) is 0 Å². The van der Waals surface area contributed by atoms with Crippen LogP contribution >= 0.6 is 11.8 Å². The minimum atomic E-state index is -0.790. The summed E-state index contributed by atoms with van der Waals surface area (Å²) in [7, 11) is 1.61. The monoisotopic (exact) mass is 307 g/mol. The van der Waals surface area contributed by atoms with Crippen molar-refractivity contribution in [2.45, 2.75) is 31.6 Å². The van der Waals surface area contributed by atoms with Crippen molar-refractivity contribution in [2.75, 3.05) is 44.9 Å². The van der Waals surface area contributed by atoms with Crippen molar-refractivity contribution in [1.29, 1.82) is 0 Å². The second-order valence-corrected chi connectivity index (χ2v) is 6.22. The molecular weight excluding hydrogens is 282 g/mol. The Morgan fingerprint density at radius 2 is 2.25 bits per heavy atom. The molecule has 0 aromatic heterocycles. The zero-order chi connectivity index (χ0) is 15.0. The number of hydrogen-bond acceptors (Lipinski definition) is 6. The average molecular weight is 307 g/mol. The Morgan fingerprint density at radius 3 is 2.90 bits per heavy atom. The lowest BCUT2D eigenvalue weighted by molar-refractivity contribution is -0.138. The minimum Gasteiger partial charge on any atom is -0.481 e. The Hall–Kier alpha value is -0.340. The fourth-order valence-electron chi connectivity index (χ4n) is 2.20. The van der Waals surface area contributed by atoms with Gasteiger partial charge in [-0.3, -0.25) is 9.69 Å². The molecule has 1 rings (SSSR count). The summed E-state index contributed by atoms with van der Waals surface area (Å²) in [6.45, 7) is 3.90. The van der Waals surface area contributed by atoms with E-state index in [1.54, 1.807) is 18.9 Å². The summed E-state index contributed by atoms with van der Waals surface area (Å²) in [6.07, 6.45) is -0.532. The van der Waals surface area contributed by atoms with Crippen molar-refractivity contribution < 1.29 is 24.5 Å². The van der Waals surface area contributed by atoms with Crippen LogP contribution in [-0.2, 0) is 14.3 Å². The molecule has 1 heterocycles. The maximum Gasteiger partial charge on any atom is 0.304 e. The molecule has 0 aromatic carbocycles. The van der Waals surface area contributed by atoms with E-state index in [9.17, 15) is 9.90 Å². The highest BCUT2D eigenvalue weighted by molar-refractivity contribution is 7.99. The number of nitrogens with zero attached hydrogens (tertiary/aromatic N) is 1. The number of aliphatic hydroxyl groups is 1. The molecule has 0 bridgehead atoms. The standard InChI is InChI=1S/C13H25NO5S/c1-10(7-18-2)19-8-12(15)6-14-3-4-20-9-11(14)5-13(16)17/h10-12,15H,3-9H2,1-2H3,(H,16,17). The van der Waals surface area contributed by atoms with Crippen LogP contribution in [0.4, 0.5) is 0 Å². The number of β-amino-alcohol motifs (C(OH)–C–C–N with tert-alkyl or cyclic N) is 1. The fourth-order valence-corrected chi connectivity index (χ4v) is 3.33. The number of aliphatic carboxylic acids is 1. The zero-order valence-corrected chi connectivity index (χ0v) is 13.0. The van der Waals surface area contributed by atoms with Crippen molar-refractivity contribution in [3.8, 4) is 0 Å². The average Bonchev–Trinajstić information content (AvgIpc) is 2.38. The maximum atomic E-state index is 10.8. The Labute approximate surface area is 124 Å². The highest BCUT2D eigenvalue weighted by atomic mass is 32.2.